The van der Waals surface area contributed by atoms with Gasteiger partial charge < -0.3 is 25.9 Å². The Kier molecular flexibility index (Phi) is 5.43. The Labute approximate surface area is 182 Å². The van der Waals surface area contributed by atoms with Crippen LogP contribution >= 0.6 is 0 Å². The average molecular weight is 420 g/mol. The number of nitrogens with two attached hydrogens (primary N) is 1. The fraction of sp³-hybridized carbons (Fsp3) is 0.375. The van der Waals surface area contributed by atoms with Gasteiger partial charge in [-0.25, -0.2) is 0 Å². The lowest BCUT2D eigenvalue weighted by molar-refractivity contribution is -0.116. The molecule has 0 spiro atoms. The van der Waals surface area contributed by atoms with E-state index in [0.29, 0.717) is 22.7 Å². The van der Waals surface area contributed by atoms with E-state index in [9.17, 15) is 9.59 Å². The molecule has 1 aromatic heterocycles. The van der Waals surface area contributed by atoms with Gasteiger partial charge >= 0.3 is 0 Å². The molecule has 2 aliphatic rings. The topological polar surface area (TPSA) is 104 Å². The maximum absolute atomic E-state index is 12.7. The van der Waals surface area contributed by atoms with Gasteiger partial charge in [-0.05, 0) is 50.0 Å². The number of aromatic nitrogens is 1. The molecule has 1 aromatic carbocycles. The lowest BCUT2D eigenvalue weighted by atomic mass is 9.96. The number of hydrogen-bond acceptors (Lipinski definition) is 4. The molecule has 4 N–H and O–H groups in total. The van der Waals surface area contributed by atoms with Crippen molar-refractivity contribution in [2.45, 2.75) is 38.1 Å². The molecule has 2 atom stereocenters. The molecule has 4 rings (SSSR count). The average Bonchev–Trinajstić information content (AvgIpc) is 3.18. The van der Waals surface area contributed by atoms with Crippen molar-refractivity contribution < 1.29 is 9.59 Å². The van der Waals surface area contributed by atoms with Gasteiger partial charge in [0.2, 0.25) is 5.91 Å². The van der Waals surface area contributed by atoms with Gasteiger partial charge in [-0.1, -0.05) is 18.7 Å². The Bertz CT molecular complexity index is 1060. The molecule has 7 nitrogen and oxygen atoms in total. The molecule has 1 aliphatic carbocycles. The number of hydrogen-bond donors (Lipinski definition) is 3. The molecule has 1 aliphatic heterocycles. The lowest BCUT2D eigenvalue weighted by Crippen LogP contribution is -2.27. The Balaban J connectivity index is 1.71. The number of carbonyl (C=O) groups excluding carboxylic acids is 2. The lowest BCUT2D eigenvalue weighted by Gasteiger charge is -2.15. The highest BCUT2D eigenvalue weighted by Gasteiger charge is 2.44. The quantitative estimate of drug-likeness (QED) is 0.495. The fourth-order valence-electron chi connectivity index (χ4n) is 4.61. The van der Waals surface area contributed by atoms with E-state index in [1.165, 1.54) is 6.08 Å². The van der Waals surface area contributed by atoms with Crippen LogP contribution in [0.1, 0.15) is 53.7 Å². The summed E-state index contributed by atoms with van der Waals surface area (Å²) in [6, 6.07) is 7.61. The fourth-order valence-corrected chi connectivity index (χ4v) is 4.61. The first-order valence-corrected chi connectivity index (χ1v) is 10.7. The Hall–Kier alpha value is -3.35. The third-order valence-corrected chi connectivity index (χ3v) is 6.33. The highest BCUT2D eigenvalue weighted by molar-refractivity contribution is 6.08. The zero-order valence-corrected chi connectivity index (χ0v) is 18.1. The van der Waals surface area contributed by atoms with E-state index >= 15 is 0 Å². The molecular formula is C24H29N5O2. The van der Waals surface area contributed by atoms with E-state index in [1.807, 2.05) is 40.8 Å². The van der Waals surface area contributed by atoms with E-state index in [0.717, 1.165) is 49.2 Å². The number of benzene rings is 1. The minimum absolute atomic E-state index is 0.0205. The van der Waals surface area contributed by atoms with Crippen molar-refractivity contribution >= 4 is 23.3 Å². The molecule has 7 heteroatoms. The Morgan fingerprint density at radius 1 is 1.23 bits per heavy atom. The van der Waals surface area contributed by atoms with Crippen molar-refractivity contribution in [3.05, 3.63) is 53.7 Å². The number of carbonyl (C=O) groups is 2. The van der Waals surface area contributed by atoms with E-state index in [4.69, 9.17) is 11.1 Å². The van der Waals surface area contributed by atoms with Gasteiger partial charge in [-0.15, -0.1) is 0 Å². The predicted molar refractivity (Wildman–Crippen MR) is 122 cm³/mol. The molecule has 2 aromatic rings. The molecule has 2 unspecified atom stereocenters. The second-order valence-corrected chi connectivity index (χ2v) is 8.44. The summed E-state index contributed by atoms with van der Waals surface area (Å²) in [5, 5.41) is 11.3. The van der Waals surface area contributed by atoms with E-state index in [1.54, 1.807) is 6.92 Å². The third-order valence-electron chi connectivity index (χ3n) is 6.33. The van der Waals surface area contributed by atoms with Crippen LogP contribution in [0.4, 0.5) is 5.82 Å². The smallest absolute Gasteiger partial charge is 0.253 e. The van der Waals surface area contributed by atoms with Crippen molar-refractivity contribution in [1.82, 2.24) is 14.8 Å². The van der Waals surface area contributed by atoms with Crippen LogP contribution in [0.3, 0.4) is 0 Å². The highest BCUT2D eigenvalue weighted by atomic mass is 16.2. The van der Waals surface area contributed by atoms with Crippen molar-refractivity contribution in [3.8, 4) is 11.1 Å². The van der Waals surface area contributed by atoms with Crippen LogP contribution in [0, 0.1) is 5.41 Å². The predicted octanol–water partition coefficient (Wildman–Crippen LogP) is 3.06. The van der Waals surface area contributed by atoms with Crippen LogP contribution in [0.15, 0.2) is 36.9 Å². The SMILES string of the molecule is C=CC(=O)NC1CC1c1c(-c2ccc(C(=O)N3CCCC3)cc2)c(C(C)=N)c(N)n1C. The number of likely N-dealkylation sites (tertiary alicyclic amines) is 1. The van der Waals surface area contributed by atoms with Crippen LogP contribution in [0.5, 0.6) is 0 Å². The minimum atomic E-state index is -0.190. The van der Waals surface area contributed by atoms with E-state index < -0.39 is 0 Å². The second-order valence-electron chi connectivity index (χ2n) is 8.44. The summed E-state index contributed by atoms with van der Waals surface area (Å²) >= 11 is 0. The summed E-state index contributed by atoms with van der Waals surface area (Å²) in [4.78, 5) is 26.3. The number of nitrogens with one attached hydrogen (secondary N) is 2. The molecule has 31 heavy (non-hydrogen) atoms. The second kappa shape index (κ2) is 8.06. The number of anilines is 1. The van der Waals surface area contributed by atoms with Gasteiger partial charge in [0.15, 0.2) is 0 Å². The Morgan fingerprint density at radius 2 is 1.87 bits per heavy atom. The van der Waals surface area contributed by atoms with E-state index in [-0.39, 0.29) is 23.8 Å². The summed E-state index contributed by atoms with van der Waals surface area (Å²) in [5.41, 5.74) is 11.0. The van der Waals surface area contributed by atoms with Crippen LogP contribution in [-0.2, 0) is 11.8 Å². The number of amides is 2. The molecule has 2 amide bonds. The molecule has 1 saturated heterocycles. The summed E-state index contributed by atoms with van der Waals surface area (Å²) in [6.45, 7) is 6.88. The normalized spacial score (nSPS) is 19.9. The molecule has 162 valence electrons. The monoisotopic (exact) mass is 419 g/mol. The largest absolute Gasteiger partial charge is 0.385 e. The van der Waals surface area contributed by atoms with Gasteiger partial charge in [0, 0.05) is 60.2 Å². The van der Waals surface area contributed by atoms with Gasteiger partial charge in [0.25, 0.3) is 5.91 Å². The summed E-state index contributed by atoms with van der Waals surface area (Å²) in [6.07, 6.45) is 4.21. The maximum atomic E-state index is 12.7. The van der Waals surface area contributed by atoms with Crippen LogP contribution in [0.2, 0.25) is 0 Å². The molecule has 2 fully saturated rings. The van der Waals surface area contributed by atoms with Gasteiger partial charge in [0.1, 0.15) is 5.82 Å². The molecule has 0 bridgehead atoms. The zero-order valence-electron chi connectivity index (χ0n) is 18.1. The Morgan fingerprint density at radius 3 is 2.45 bits per heavy atom. The van der Waals surface area contributed by atoms with Crippen molar-refractivity contribution in [1.29, 1.82) is 5.41 Å². The number of nitrogens with zero attached hydrogens (tertiary/aromatic N) is 2. The number of nitrogen functional groups attached to an aromatic ring is 1. The van der Waals surface area contributed by atoms with Gasteiger partial charge in [0.05, 0.1) is 0 Å². The van der Waals surface area contributed by atoms with Gasteiger partial charge in [-0.2, -0.15) is 0 Å². The summed E-state index contributed by atoms with van der Waals surface area (Å²) < 4.78 is 1.93. The highest BCUT2D eigenvalue weighted by Crippen LogP contribution is 2.48. The summed E-state index contributed by atoms with van der Waals surface area (Å²) in [5.74, 6) is 0.528. The van der Waals surface area contributed by atoms with Gasteiger partial charge in [-0.3, -0.25) is 9.59 Å². The molecule has 1 saturated carbocycles. The summed E-state index contributed by atoms with van der Waals surface area (Å²) in [7, 11) is 1.90. The minimum Gasteiger partial charge on any atom is -0.385 e. The van der Waals surface area contributed by atoms with Crippen LogP contribution in [-0.4, -0.2) is 46.1 Å². The standard InChI is InChI=1S/C24H29N5O2/c1-4-19(30)27-18-13-17(18)22-21(20(14(2)25)23(26)28(22)3)15-7-9-16(10-8-15)24(31)29-11-5-6-12-29/h4,7-10,17-18,25H,1,5-6,11-13,26H2,2-3H3,(H,27,30). The first kappa shape index (κ1) is 20.9. The first-order valence-electron chi connectivity index (χ1n) is 10.7. The molecule has 0 radical (unpaired) electrons. The van der Waals surface area contributed by atoms with Crippen LogP contribution in [0.25, 0.3) is 11.1 Å². The first-order chi connectivity index (χ1) is 14.8. The third kappa shape index (κ3) is 3.76. The van der Waals surface area contributed by atoms with Crippen LogP contribution < -0.4 is 11.1 Å². The van der Waals surface area contributed by atoms with Crippen molar-refractivity contribution in [3.63, 3.8) is 0 Å². The molecular weight excluding hydrogens is 390 g/mol. The van der Waals surface area contributed by atoms with Crippen molar-refractivity contribution in [2.75, 3.05) is 18.8 Å². The maximum Gasteiger partial charge on any atom is 0.253 e. The van der Waals surface area contributed by atoms with E-state index in [2.05, 4.69) is 11.9 Å². The molecule has 2 heterocycles. The zero-order chi connectivity index (χ0) is 22.3. The van der Waals surface area contributed by atoms with Crippen molar-refractivity contribution in [2.24, 2.45) is 7.05 Å². The number of rotatable bonds is 6.